The minimum Gasteiger partial charge on any atom is -0.399 e. The Hall–Kier alpha value is -4.72. The van der Waals surface area contributed by atoms with E-state index in [0.29, 0.717) is 22.7 Å². The molecule has 0 aliphatic carbocycles. The van der Waals surface area contributed by atoms with Crippen molar-refractivity contribution in [1.29, 1.82) is 0 Å². The van der Waals surface area contributed by atoms with Gasteiger partial charge in [-0.05, 0) is 110 Å². The molecule has 0 aromatic heterocycles. The first kappa shape index (κ1) is 22.5. The van der Waals surface area contributed by atoms with Crippen molar-refractivity contribution in [3.63, 3.8) is 0 Å². The van der Waals surface area contributed by atoms with Crippen LogP contribution in [0.3, 0.4) is 0 Å². The quantitative estimate of drug-likeness (QED) is 0.226. The van der Waals surface area contributed by atoms with Crippen molar-refractivity contribution in [2.24, 2.45) is 30.7 Å². The van der Waals surface area contributed by atoms with E-state index in [1.165, 1.54) is 0 Å². The van der Waals surface area contributed by atoms with Gasteiger partial charge in [-0.3, -0.25) is 0 Å². The second-order valence-corrected chi connectivity index (χ2v) is 7.72. The first-order valence-corrected chi connectivity index (χ1v) is 10.6. The van der Waals surface area contributed by atoms with Gasteiger partial charge in [0.05, 0.1) is 34.1 Å². The third kappa shape index (κ3) is 5.95. The molecule has 0 atom stereocenters. The molecule has 0 radical (unpaired) electrons. The van der Waals surface area contributed by atoms with E-state index in [2.05, 4.69) is 30.7 Å². The third-order valence-electron chi connectivity index (χ3n) is 4.97. The van der Waals surface area contributed by atoms with Crippen LogP contribution in [0.15, 0.2) is 116 Å². The molecule has 0 aliphatic heterocycles. The average Bonchev–Trinajstić information content (AvgIpc) is 2.83. The van der Waals surface area contributed by atoms with Crippen LogP contribution < -0.4 is 11.5 Å². The van der Waals surface area contributed by atoms with E-state index in [9.17, 15) is 0 Å². The molecule has 4 rings (SSSR count). The third-order valence-corrected chi connectivity index (χ3v) is 4.97. The minimum atomic E-state index is 0.707. The number of anilines is 2. The first-order chi connectivity index (χ1) is 16.5. The second-order valence-electron chi connectivity index (χ2n) is 7.72. The van der Waals surface area contributed by atoms with Crippen LogP contribution in [-0.2, 0) is 0 Å². The Morgan fingerprint density at radius 2 is 0.706 bits per heavy atom. The zero-order chi connectivity index (χ0) is 23.9. The number of rotatable bonds is 6. The summed E-state index contributed by atoms with van der Waals surface area (Å²) in [4.78, 5) is 0. The van der Waals surface area contributed by atoms with Crippen LogP contribution in [0.4, 0.5) is 45.5 Å². The Balaban J connectivity index is 1.37. The second kappa shape index (κ2) is 10.3. The summed E-state index contributed by atoms with van der Waals surface area (Å²) < 4.78 is 0. The van der Waals surface area contributed by atoms with Gasteiger partial charge >= 0.3 is 0 Å². The van der Waals surface area contributed by atoms with Gasteiger partial charge in [-0.25, -0.2) is 0 Å². The molecule has 0 unspecified atom stereocenters. The van der Waals surface area contributed by atoms with Crippen molar-refractivity contribution in [2.45, 2.75) is 13.8 Å². The molecule has 4 aromatic rings. The molecule has 0 aliphatic rings. The average molecular weight is 449 g/mol. The van der Waals surface area contributed by atoms with E-state index < -0.39 is 0 Å². The van der Waals surface area contributed by atoms with Gasteiger partial charge < -0.3 is 11.5 Å². The lowest BCUT2D eigenvalue weighted by Gasteiger charge is -2.00. The maximum absolute atomic E-state index is 5.77. The van der Waals surface area contributed by atoms with E-state index in [-0.39, 0.29) is 0 Å². The van der Waals surface area contributed by atoms with Gasteiger partial charge in [0, 0.05) is 11.4 Å². The highest BCUT2D eigenvalue weighted by atomic mass is 15.1. The van der Waals surface area contributed by atoms with Gasteiger partial charge in [-0.1, -0.05) is 0 Å². The number of hydrogen-bond donors (Lipinski definition) is 2. The summed E-state index contributed by atoms with van der Waals surface area (Å²) in [6.45, 7) is 3.90. The van der Waals surface area contributed by atoms with Crippen molar-refractivity contribution in [3.05, 3.63) is 96.1 Å². The van der Waals surface area contributed by atoms with Gasteiger partial charge in [0.1, 0.15) is 0 Å². The van der Waals surface area contributed by atoms with Gasteiger partial charge in [-0.15, -0.1) is 0 Å². The van der Waals surface area contributed by atoms with E-state index >= 15 is 0 Å². The largest absolute Gasteiger partial charge is 0.399 e. The maximum atomic E-state index is 5.77. The number of nitrogen functional groups attached to an aromatic ring is 2. The molecular weight excluding hydrogens is 424 g/mol. The minimum absolute atomic E-state index is 0.707. The lowest BCUT2D eigenvalue weighted by atomic mass is 10.2. The lowest BCUT2D eigenvalue weighted by Crippen LogP contribution is -1.84. The number of hydrogen-bond acceptors (Lipinski definition) is 8. The van der Waals surface area contributed by atoms with Crippen LogP contribution in [0.5, 0.6) is 0 Å². The molecule has 4 aromatic carbocycles. The van der Waals surface area contributed by atoms with Crippen LogP contribution in [0.1, 0.15) is 11.1 Å². The molecule has 168 valence electrons. The fraction of sp³-hybridized carbons (Fsp3) is 0.0769. The predicted molar refractivity (Wildman–Crippen MR) is 137 cm³/mol. The summed E-state index contributed by atoms with van der Waals surface area (Å²) in [5.74, 6) is 0. The van der Waals surface area contributed by atoms with Crippen LogP contribution in [0.2, 0.25) is 0 Å². The van der Waals surface area contributed by atoms with Crippen molar-refractivity contribution in [1.82, 2.24) is 0 Å². The number of benzene rings is 4. The molecule has 0 saturated carbocycles. The fourth-order valence-corrected chi connectivity index (χ4v) is 3.09. The first-order valence-electron chi connectivity index (χ1n) is 10.6. The monoisotopic (exact) mass is 448 g/mol. The molecule has 0 saturated heterocycles. The summed E-state index contributed by atoms with van der Waals surface area (Å²) >= 11 is 0. The van der Waals surface area contributed by atoms with E-state index in [1.807, 2.05) is 86.6 Å². The lowest BCUT2D eigenvalue weighted by molar-refractivity contribution is 1.19. The van der Waals surface area contributed by atoms with Crippen LogP contribution >= 0.6 is 0 Å². The van der Waals surface area contributed by atoms with Crippen molar-refractivity contribution < 1.29 is 0 Å². The van der Waals surface area contributed by atoms with Crippen molar-refractivity contribution in [3.8, 4) is 0 Å². The molecule has 0 spiro atoms. The molecule has 8 nitrogen and oxygen atoms in total. The Labute approximate surface area is 197 Å². The smallest absolute Gasteiger partial charge is 0.0887 e. The van der Waals surface area contributed by atoms with E-state index in [1.54, 1.807) is 12.1 Å². The topological polar surface area (TPSA) is 126 Å². The molecule has 0 amide bonds. The SMILES string of the molecule is Cc1cc(N)ccc1N=Nc1ccc(/N=N/c2ccc(N=Nc3ccc(N)cc3C)cc2)cc1. The van der Waals surface area contributed by atoms with Crippen LogP contribution in [0, 0.1) is 13.8 Å². The molecule has 34 heavy (non-hydrogen) atoms. The molecule has 4 N–H and O–H groups in total. The number of aryl methyl sites for hydroxylation is 2. The van der Waals surface area contributed by atoms with Gasteiger partial charge in [-0.2, -0.15) is 30.7 Å². The molecule has 0 heterocycles. The Bertz CT molecular complexity index is 1260. The van der Waals surface area contributed by atoms with E-state index in [4.69, 9.17) is 11.5 Å². The molecule has 8 heteroatoms. The highest BCUT2D eigenvalue weighted by molar-refractivity contribution is 5.56. The zero-order valence-corrected chi connectivity index (χ0v) is 18.9. The maximum Gasteiger partial charge on any atom is 0.0887 e. The summed E-state index contributed by atoms with van der Waals surface area (Å²) in [5, 5.41) is 25.7. The van der Waals surface area contributed by atoms with Crippen molar-refractivity contribution >= 4 is 45.5 Å². The Kier molecular flexibility index (Phi) is 6.78. The summed E-state index contributed by atoms with van der Waals surface area (Å²) in [6, 6.07) is 25.8. The van der Waals surface area contributed by atoms with Crippen molar-refractivity contribution in [2.75, 3.05) is 11.5 Å². The summed E-state index contributed by atoms with van der Waals surface area (Å²) in [7, 11) is 0. The molecule has 0 fully saturated rings. The van der Waals surface area contributed by atoms with Gasteiger partial charge in [0.15, 0.2) is 0 Å². The summed E-state index contributed by atoms with van der Waals surface area (Å²) in [5.41, 5.74) is 19.3. The number of azo groups is 3. The molecular formula is C26H24N8. The number of nitrogens with zero attached hydrogens (tertiary/aromatic N) is 6. The fourth-order valence-electron chi connectivity index (χ4n) is 3.09. The Morgan fingerprint density at radius 1 is 0.412 bits per heavy atom. The number of nitrogens with two attached hydrogens (primary N) is 2. The standard InChI is InChI=1S/C26H24N8/c1-17-15-19(27)3-13-25(17)33-31-23-9-5-21(6-10-23)29-30-22-7-11-24(12-8-22)32-34-26-14-4-20(28)16-18(26)2/h3-16H,27-28H2,1-2H3/b30-29+,33-31?,34-32?. The highest BCUT2D eigenvalue weighted by Crippen LogP contribution is 2.27. The van der Waals surface area contributed by atoms with Crippen LogP contribution in [-0.4, -0.2) is 0 Å². The zero-order valence-electron chi connectivity index (χ0n) is 18.9. The van der Waals surface area contributed by atoms with Gasteiger partial charge in [0.2, 0.25) is 0 Å². The highest BCUT2D eigenvalue weighted by Gasteiger charge is 1.99. The van der Waals surface area contributed by atoms with Gasteiger partial charge in [0.25, 0.3) is 0 Å². The van der Waals surface area contributed by atoms with Crippen LogP contribution in [0.25, 0.3) is 0 Å². The normalized spacial score (nSPS) is 11.7. The Morgan fingerprint density at radius 3 is 1.00 bits per heavy atom. The molecule has 0 bridgehead atoms. The van der Waals surface area contributed by atoms with E-state index in [0.717, 1.165) is 33.9 Å². The predicted octanol–water partition coefficient (Wildman–Crippen LogP) is 8.71. The summed E-state index contributed by atoms with van der Waals surface area (Å²) in [6.07, 6.45) is 0.